The summed E-state index contributed by atoms with van der Waals surface area (Å²) < 4.78 is 0. The van der Waals surface area contributed by atoms with E-state index >= 15 is 0 Å². The number of hydrogen-bond acceptors (Lipinski definition) is 2. The topological polar surface area (TPSA) is 52.9 Å². The van der Waals surface area contributed by atoms with Crippen LogP contribution in [-0.4, -0.2) is 15.9 Å². The quantitative estimate of drug-likeness (QED) is 0.652. The number of benzene rings is 1. The molecule has 0 saturated carbocycles. The van der Waals surface area contributed by atoms with Crippen LogP contribution in [0, 0.1) is 6.92 Å². The molecule has 0 amide bonds. The third-order valence-corrected chi connectivity index (χ3v) is 3.68. The van der Waals surface area contributed by atoms with E-state index in [-0.39, 0.29) is 11.1 Å². The van der Waals surface area contributed by atoms with Crippen LogP contribution in [0.4, 0.5) is 5.69 Å². The number of rotatable bonds is 4. The minimum absolute atomic E-state index is 0.248. The van der Waals surface area contributed by atoms with Crippen molar-refractivity contribution in [2.24, 2.45) is 0 Å². The molecule has 8 heteroatoms. The van der Waals surface area contributed by atoms with Gasteiger partial charge in [0.15, 0.2) is 0 Å². The zero-order chi connectivity index (χ0) is 14.1. The Kier molecular flexibility index (Phi) is 5.44. The minimum atomic E-state index is -3.80. The van der Waals surface area contributed by atoms with Crippen LogP contribution in [0.1, 0.15) is 19.4 Å². The standard InChI is InChI=1S/C10H14Cl2NO3PS/c1-6(2)16-13(17(14,15)18)10-7(3)4-8(11)5-9(10)12/h4-6H,1-3H3,(H2,14,15,18). The van der Waals surface area contributed by atoms with E-state index in [2.05, 4.69) is 0 Å². The van der Waals surface area contributed by atoms with Crippen LogP contribution in [0.15, 0.2) is 12.1 Å². The Morgan fingerprint density at radius 3 is 2.28 bits per heavy atom. The third-order valence-electron chi connectivity index (χ3n) is 1.96. The van der Waals surface area contributed by atoms with Crippen molar-refractivity contribution in [1.82, 2.24) is 0 Å². The van der Waals surface area contributed by atoms with Crippen molar-refractivity contribution >= 4 is 47.3 Å². The van der Waals surface area contributed by atoms with Crippen LogP contribution >= 0.6 is 29.8 Å². The Morgan fingerprint density at radius 1 is 1.33 bits per heavy atom. The zero-order valence-corrected chi connectivity index (χ0v) is 13.3. The Morgan fingerprint density at radius 2 is 1.89 bits per heavy atom. The molecule has 0 saturated heterocycles. The molecule has 0 aliphatic carbocycles. The molecule has 0 spiro atoms. The van der Waals surface area contributed by atoms with Crippen LogP contribution in [0.25, 0.3) is 0 Å². The van der Waals surface area contributed by atoms with E-state index in [1.165, 1.54) is 6.07 Å². The molecule has 0 atom stereocenters. The molecule has 0 fully saturated rings. The Labute approximate surface area is 121 Å². The fourth-order valence-electron chi connectivity index (χ4n) is 1.38. The van der Waals surface area contributed by atoms with E-state index in [0.717, 1.165) is 4.83 Å². The van der Waals surface area contributed by atoms with E-state index in [0.29, 0.717) is 16.3 Å². The van der Waals surface area contributed by atoms with Gasteiger partial charge in [0.05, 0.1) is 16.8 Å². The van der Waals surface area contributed by atoms with Crippen molar-refractivity contribution in [3.8, 4) is 0 Å². The zero-order valence-electron chi connectivity index (χ0n) is 10.1. The second-order valence-electron chi connectivity index (χ2n) is 3.99. The van der Waals surface area contributed by atoms with Crippen molar-refractivity contribution in [3.63, 3.8) is 0 Å². The van der Waals surface area contributed by atoms with E-state index in [1.54, 1.807) is 26.8 Å². The summed E-state index contributed by atoms with van der Waals surface area (Å²) in [6.07, 6.45) is -0.280. The predicted molar refractivity (Wildman–Crippen MR) is 78.6 cm³/mol. The van der Waals surface area contributed by atoms with E-state index < -0.39 is 6.64 Å². The first kappa shape index (κ1) is 16.2. The van der Waals surface area contributed by atoms with Gasteiger partial charge in [0.2, 0.25) is 0 Å². The van der Waals surface area contributed by atoms with Gasteiger partial charge in [0, 0.05) is 5.02 Å². The molecule has 0 aliphatic rings. The van der Waals surface area contributed by atoms with Crippen molar-refractivity contribution in [1.29, 1.82) is 0 Å². The van der Waals surface area contributed by atoms with Crippen LogP contribution < -0.4 is 4.83 Å². The number of anilines is 1. The van der Waals surface area contributed by atoms with Gasteiger partial charge >= 0.3 is 6.64 Å². The van der Waals surface area contributed by atoms with E-state index in [9.17, 15) is 9.79 Å². The lowest BCUT2D eigenvalue weighted by Crippen LogP contribution is -2.25. The molecule has 0 unspecified atom stereocenters. The number of hydrogen-bond donors (Lipinski definition) is 2. The fraction of sp³-hybridized carbons (Fsp3) is 0.400. The van der Waals surface area contributed by atoms with E-state index in [4.69, 9.17) is 39.8 Å². The van der Waals surface area contributed by atoms with Crippen LogP contribution in [0.5, 0.6) is 0 Å². The summed E-state index contributed by atoms with van der Waals surface area (Å²) in [6.45, 7) is 1.42. The normalized spacial score (nSPS) is 12.0. The molecule has 0 aliphatic heterocycles. The lowest BCUT2D eigenvalue weighted by molar-refractivity contribution is 0.0836. The summed E-state index contributed by atoms with van der Waals surface area (Å²) in [5, 5.41) is 0.702. The van der Waals surface area contributed by atoms with Gasteiger partial charge in [0.1, 0.15) is 0 Å². The maximum absolute atomic E-state index is 9.69. The van der Waals surface area contributed by atoms with E-state index in [1.807, 2.05) is 0 Å². The Hall–Kier alpha value is 0.130. The van der Waals surface area contributed by atoms with Gasteiger partial charge in [-0.25, -0.2) is 0 Å². The lowest BCUT2D eigenvalue weighted by atomic mass is 10.2. The monoisotopic (exact) mass is 329 g/mol. The average molecular weight is 330 g/mol. The highest BCUT2D eigenvalue weighted by atomic mass is 35.5. The molecule has 0 radical (unpaired) electrons. The molecule has 2 N–H and O–H groups in total. The Balaban J connectivity index is 3.34. The minimum Gasteiger partial charge on any atom is -0.328 e. The van der Waals surface area contributed by atoms with Gasteiger partial charge in [-0.3, -0.25) is 4.84 Å². The second kappa shape index (κ2) is 6.06. The number of aryl methyl sites for hydroxylation is 1. The molecule has 1 rings (SSSR count). The summed E-state index contributed by atoms with van der Waals surface area (Å²) in [5.41, 5.74) is 0.966. The van der Waals surface area contributed by atoms with Gasteiger partial charge < -0.3 is 9.79 Å². The molecule has 0 heterocycles. The van der Waals surface area contributed by atoms with Crippen LogP contribution in [0.3, 0.4) is 0 Å². The van der Waals surface area contributed by atoms with Gasteiger partial charge in [-0.2, -0.15) is 4.83 Å². The van der Waals surface area contributed by atoms with Crippen LogP contribution in [0.2, 0.25) is 10.0 Å². The molecule has 0 aromatic heterocycles. The first-order chi connectivity index (χ1) is 8.12. The molecule has 1 aromatic rings. The first-order valence-corrected chi connectivity index (χ1v) is 8.53. The first-order valence-electron chi connectivity index (χ1n) is 5.11. The van der Waals surface area contributed by atoms with Crippen molar-refractivity contribution in [2.45, 2.75) is 26.9 Å². The average Bonchev–Trinajstić information content (AvgIpc) is 2.12. The molecule has 1 aromatic carbocycles. The van der Waals surface area contributed by atoms with Gasteiger partial charge in [-0.1, -0.05) is 23.2 Å². The lowest BCUT2D eigenvalue weighted by Gasteiger charge is -2.30. The molecule has 0 bridgehead atoms. The summed E-state index contributed by atoms with van der Waals surface area (Å²) >= 11 is 16.6. The maximum atomic E-state index is 9.69. The summed E-state index contributed by atoms with van der Waals surface area (Å²) in [6, 6.07) is 3.14. The fourth-order valence-corrected chi connectivity index (χ4v) is 3.31. The molecule has 102 valence electrons. The highest BCUT2D eigenvalue weighted by Crippen LogP contribution is 2.49. The number of nitrogens with zero attached hydrogens (tertiary/aromatic N) is 1. The summed E-state index contributed by atoms with van der Waals surface area (Å²) in [5.74, 6) is 0. The van der Waals surface area contributed by atoms with Crippen LogP contribution in [-0.2, 0) is 16.6 Å². The van der Waals surface area contributed by atoms with Gasteiger partial charge in [-0.05, 0) is 50.3 Å². The molecular weight excluding hydrogens is 316 g/mol. The highest BCUT2D eigenvalue weighted by molar-refractivity contribution is 8.09. The van der Waals surface area contributed by atoms with Gasteiger partial charge in [-0.15, -0.1) is 0 Å². The third kappa shape index (κ3) is 4.07. The maximum Gasteiger partial charge on any atom is 0.309 e. The van der Waals surface area contributed by atoms with Crippen molar-refractivity contribution in [2.75, 3.05) is 4.83 Å². The molecule has 18 heavy (non-hydrogen) atoms. The summed E-state index contributed by atoms with van der Waals surface area (Å²) in [4.78, 5) is 25.6. The Bertz CT molecular complexity index is 469. The second-order valence-corrected chi connectivity index (χ2v) is 7.70. The van der Waals surface area contributed by atoms with Crippen molar-refractivity contribution in [3.05, 3.63) is 27.7 Å². The van der Waals surface area contributed by atoms with Crippen molar-refractivity contribution < 1.29 is 14.6 Å². The molecule has 4 nitrogen and oxygen atoms in total. The largest absolute Gasteiger partial charge is 0.328 e. The molecular formula is C10H14Cl2NO3PS. The SMILES string of the molecule is Cc1cc(Cl)cc(Cl)c1N(OC(C)C)P(O)(O)=S. The summed E-state index contributed by atoms with van der Waals surface area (Å²) in [7, 11) is 0. The highest BCUT2D eigenvalue weighted by Gasteiger charge is 2.27. The smallest absolute Gasteiger partial charge is 0.309 e. The predicted octanol–water partition coefficient (Wildman–Crippen LogP) is 3.66. The number of halogens is 2. The van der Waals surface area contributed by atoms with Gasteiger partial charge in [0.25, 0.3) is 0 Å².